The fourth-order valence-electron chi connectivity index (χ4n) is 1.92. The number of H-pyrrole nitrogens is 1. The Kier molecular flexibility index (Phi) is 2.71. The molecule has 0 radical (unpaired) electrons. The number of hydrogen-bond donors (Lipinski definition) is 1. The molecule has 0 fully saturated rings. The maximum Gasteiger partial charge on any atom is 0.178 e. The van der Waals surface area contributed by atoms with Gasteiger partial charge in [-0.2, -0.15) is 10.5 Å². The molecular formula is C12H10N4S. The van der Waals surface area contributed by atoms with Gasteiger partial charge in [-0.05, 0) is 38.2 Å². The Morgan fingerprint density at radius 3 is 2.53 bits per heavy atom. The van der Waals surface area contributed by atoms with Crippen LogP contribution in [0.15, 0.2) is 12.1 Å². The standard InChI is InChI=1S/C12H10N4S/c1-7(2)16-11-9(6-14)8(5-13)3-4-10(11)15-12(16)17/h3-4,7H,1-2H3,(H,15,17). The summed E-state index contributed by atoms with van der Waals surface area (Å²) < 4.78 is 2.44. The van der Waals surface area contributed by atoms with Crippen LogP contribution in [0.25, 0.3) is 11.0 Å². The molecule has 0 spiro atoms. The van der Waals surface area contributed by atoms with E-state index in [1.807, 2.05) is 24.5 Å². The van der Waals surface area contributed by atoms with Gasteiger partial charge in [0.25, 0.3) is 0 Å². The first-order chi connectivity index (χ1) is 8.10. The lowest BCUT2D eigenvalue weighted by Gasteiger charge is -2.09. The molecule has 0 atom stereocenters. The Hall–Kier alpha value is -2.11. The molecule has 1 N–H and O–H groups in total. The van der Waals surface area contributed by atoms with E-state index in [1.165, 1.54) is 0 Å². The Morgan fingerprint density at radius 1 is 1.29 bits per heavy atom. The van der Waals surface area contributed by atoms with Gasteiger partial charge in [0.15, 0.2) is 4.77 Å². The van der Waals surface area contributed by atoms with Gasteiger partial charge in [0.2, 0.25) is 0 Å². The van der Waals surface area contributed by atoms with Crippen LogP contribution in [0.5, 0.6) is 0 Å². The second-order valence-electron chi connectivity index (χ2n) is 4.00. The molecule has 2 rings (SSSR count). The Labute approximate surface area is 104 Å². The average molecular weight is 242 g/mol. The number of rotatable bonds is 1. The van der Waals surface area contributed by atoms with Gasteiger partial charge in [0.1, 0.15) is 12.1 Å². The minimum Gasteiger partial charge on any atom is -0.331 e. The molecule has 1 aromatic carbocycles. The zero-order valence-electron chi connectivity index (χ0n) is 9.48. The second kappa shape index (κ2) is 4.04. The molecule has 0 saturated carbocycles. The summed E-state index contributed by atoms with van der Waals surface area (Å²) in [6.07, 6.45) is 0. The van der Waals surface area contributed by atoms with Crippen LogP contribution in [-0.4, -0.2) is 9.55 Å². The number of fused-ring (bicyclic) bond motifs is 1. The van der Waals surface area contributed by atoms with Crippen LogP contribution in [0.2, 0.25) is 0 Å². The smallest absolute Gasteiger partial charge is 0.178 e. The van der Waals surface area contributed by atoms with E-state index in [1.54, 1.807) is 12.1 Å². The normalized spacial score (nSPS) is 10.4. The number of nitrogens with zero attached hydrogens (tertiary/aromatic N) is 3. The van der Waals surface area contributed by atoms with E-state index in [2.05, 4.69) is 11.1 Å². The second-order valence-corrected chi connectivity index (χ2v) is 4.39. The maximum absolute atomic E-state index is 9.20. The third-order valence-corrected chi connectivity index (χ3v) is 2.93. The minimum atomic E-state index is 0.136. The summed E-state index contributed by atoms with van der Waals surface area (Å²) >= 11 is 5.23. The number of aromatic nitrogens is 2. The summed E-state index contributed by atoms with van der Waals surface area (Å²) in [5.74, 6) is 0. The van der Waals surface area contributed by atoms with Gasteiger partial charge in [0.05, 0.1) is 22.2 Å². The van der Waals surface area contributed by atoms with E-state index in [-0.39, 0.29) is 6.04 Å². The predicted octanol–water partition coefficient (Wildman–Crippen LogP) is 3.02. The van der Waals surface area contributed by atoms with Gasteiger partial charge in [0, 0.05) is 6.04 Å². The molecule has 0 amide bonds. The average Bonchev–Trinajstić information content (AvgIpc) is 2.63. The monoisotopic (exact) mass is 242 g/mol. The van der Waals surface area contributed by atoms with Crippen LogP contribution in [0.4, 0.5) is 0 Å². The van der Waals surface area contributed by atoms with E-state index >= 15 is 0 Å². The van der Waals surface area contributed by atoms with Crippen molar-refractivity contribution in [1.82, 2.24) is 9.55 Å². The summed E-state index contributed by atoms with van der Waals surface area (Å²) in [5, 5.41) is 18.2. The lowest BCUT2D eigenvalue weighted by atomic mass is 10.1. The fourth-order valence-corrected chi connectivity index (χ4v) is 2.33. The van der Waals surface area contributed by atoms with Gasteiger partial charge < -0.3 is 9.55 Å². The molecule has 0 bridgehead atoms. The minimum absolute atomic E-state index is 0.136. The highest BCUT2D eigenvalue weighted by Crippen LogP contribution is 2.24. The van der Waals surface area contributed by atoms with Crippen LogP contribution in [0.3, 0.4) is 0 Å². The lowest BCUT2D eigenvalue weighted by molar-refractivity contribution is 0.609. The molecule has 17 heavy (non-hydrogen) atoms. The molecule has 1 heterocycles. The van der Waals surface area contributed by atoms with Crippen molar-refractivity contribution in [2.45, 2.75) is 19.9 Å². The predicted molar refractivity (Wildman–Crippen MR) is 66.9 cm³/mol. The Morgan fingerprint density at radius 2 is 2.00 bits per heavy atom. The molecule has 0 unspecified atom stereocenters. The van der Waals surface area contributed by atoms with Crippen molar-refractivity contribution in [1.29, 1.82) is 10.5 Å². The number of nitrogens with one attached hydrogen (secondary N) is 1. The fraction of sp³-hybridized carbons (Fsp3) is 0.250. The van der Waals surface area contributed by atoms with Crippen LogP contribution in [0, 0.1) is 27.4 Å². The van der Waals surface area contributed by atoms with Gasteiger partial charge in [-0.1, -0.05) is 0 Å². The molecule has 0 aliphatic rings. The number of nitriles is 2. The van der Waals surface area contributed by atoms with Crippen molar-refractivity contribution in [2.75, 3.05) is 0 Å². The van der Waals surface area contributed by atoms with Crippen molar-refractivity contribution in [3.8, 4) is 12.1 Å². The first-order valence-corrected chi connectivity index (χ1v) is 5.58. The Bertz CT molecular complexity index is 722. The summed E-state index contributed by atoms with van der Waals surface area (Å²) in [4.78, 5) is 3.05. The van der Waals surface area contributed by atoms with Crippen LogP contribution < -0.4 is 0 Å². The summed E-state index contributed by atoms with van der Waals surface area (Å²) in [6.45, 7) is 3.98. The van der Waals surface area contributed by atoms with Crippen molar-refractivity contribution in [3.63, 3.8) is 0 Å². The Balaban J connectivity index is 3.04. The summed E-state index contributed by atoms with van der Waals surface area (Å²) in [7, 11) is 0. The number of hydrogen-bond acceptors (Lipinski definition) is 3. The van der Waals surface area contributed by atoms with E-state index in [9.17, 15) is 5.26 Å². The van der Waals surface area contributed by atoms with Crippen LogP contribution in [-0.2, 0) is 0 Å². The van der Waals surface area contributed by atoms with Crippen LogP contribution in [0.1, 0.15) is 31.0 Å². The molecule has 0 aliphatic carbocycles. The molecule has 2 aromatic rings. The molecule has 0 aliphatic heterocycles. The van der Waals surface area contributed by atoms with Gasteiger partial charge in [-0.3, -0.25) is 0 Å². The quantitative estimate of drug-likeness (QED) is 0.781. The molecule has 84 valence electrons. The van der Waals surface area contributed by atoms with E-state index in [0.29, 0.717) is 21.4 Å². The first-order valence-electron chi connectivity index (χ1n) is 5.17. The topological polar surface area (TPSA) is 68.3 Å². The zero-order chi connectivity index (χ0) is 12.6. The SMILES string of the molecule is CC(C)n1c(=S)[nH]c2ccc(C#N)c(C#N)c21. The largest absolute Gasteiger partial charge is 0.331 e. The summed E-state index contributed by atoms with van der Waals surface area (Å²) in [6, 6.07) is 7.67. The maximum atomic E-state index is 9.20. The van der Waals surface area contributed by atoms with E-state index < -0.39 is 0 Å². The first kappa shape index (κ1) is 11.4. The van der Waals surface area contributed by atoms with E-state index in [4.69, 9.17) is 17.5 Å². The number of imidazole rings is 1. The highest BCUT2D eigenvalue weighted by Gasteiger charge is 2.14. The van der Waals surface area contributed by atoms with Crippen molar-refractivity contribution in [3.05, 3.63) is 28.0 Å². The third-order valence-electron chi connectivity index (χ3n) is 2.63. The molecular weight excluding hydrogens is 232 g/mol. The molecule has 4 nitrogen and oxygen atoms in total. The number of aromatic amines is 1. The highest BCUT2D eigenvalue weighted by molar-refractivity contribution is 7.71. The van der Waals surface area contributed by atoms with E-state index in [0.717, 1.165) is 5.52 Å². The van der Waals surface area contributed by atoms with Crippen LogP contribution >= 0.6 is 12.2 Å². The molecule has 1 aromatic heterocycles. The van der Waals surface area contributed by atoms with Gasteiger partial charge in [-0.15, -0.1) is 0 Å². The highest BCUT2D eigenvalue weighted by atomic mass is 32.1. The lowest BCUT2D eigenvalue weighted by Crippen LogP contribution is -2.02. The van der Waals surface area contributed by atoms with Crippen molar-refractivity contribution in [2.24, 2.45) is 0 Å². The molecule has 0 saturated heterocycles. The van der Waals surface area contributed by atoms with Crippen molar-refractivity contribution >= 4 is 23.3 Å². The zero-order valence-corrected chi connectivity index (χ0v) is 10.3. The van der Waals surface area contributed by atoms with Crippen molar-refractivity contribution < 1.29 is 0 Å². The van der Waals surface area contributed by atoms with Gasteiger partial charge in [-0.25, -0.2) is 0 Å². The summed E-state index contributed by atoms with van der Waals surface area (Å²) in [5.41, 5.74) is 2.26. The van der Waals surface area contributed by atoms with Gasteiger partial charge >= 0.3 is 0 Å². The third kappa shape index (κ3) is 1.61. The molecule has 5 heteroatoms. The number of benzene rings is 1.